The van der Waals surface area contributed by atoms with Crippen molar-refractivity contribution in [3.63, 3.8) is 0 Å². The smallest absolute Gasteiger partial charge is 0.349 e. The van der Waals surface area contributed by atoms with Gasteiger partial charge in [0.15, 0.2) is 0 Å². The largest absolute Gasteiger partial charge is 0.391 e. The molecule has 1 rings (SSSR count). The lowest BCUT2D eigenvalue weighted by atomic mass is 10.1. The molecule has 0 spiro atoms. The van der Waals surface area contributed by atoms with E-state index in [0.717, 1.165) is 9.13 Å². The van der Waals surface area contributed by atoms with E-state index in [-0.39, 0.29) is 0 Å². The predicted molar refractivity (Wildman–Crippen MR) is 71.5 cm³/mol. The number of amides is 1. The Morgan fingerprint density at radius 2 is 2.06 bits per heavy atom. The number of hydrogen-bond acceptors (Lipinski definition) is 1. The highest BCUT2D eigenvalue weighted by Gasteiger charge is 2.30. The van der Waals surface area contributed by atoms with Crippen molar-refractivity contribution in [1.82, 2.24) is 5.32 Å². The topological polar surface area (TPSA) is 29.1 Å². The monoisotopic (exact) mass is 371 g/mol. The van der Waals surface area contributed by atoms with E-state index in [0.29, 0.717) is 5.56 Å². The minimum Gasteiger partial charge on any atom is -0.349 e. The number of alkyl halides is 3. The van der Waals surface area contributed by atoms with Gasteiger partial charge in [-0.3, -0.25) is 4.79 Å². The fourth-order valence-electron chi connectivity index (χ4n) is 1.52. The second-order valence-electron chi connectivity index (χ2n) is 4.13. The predicted octanol–water partition coefficient (Wildman–Crippen LogP) is 3.67. The van der Waals surface area contributed by atoms with Gasteiger partial charge in [-0.15, -0.1) is 0 Å². The second kappa shape index (κ2) is 5.90. The average Bonchev–Trinajstić information content (AvgIpc) is 2.18. The molecule has 0 aliphatic carbocycles. The van der Waals surface area contributed by atoms with Crippen LogP contribution in [0.3, 0.4) is 0 Å². The lowest BCUT2D eigenvalue weighted by molar-refractivity contribution is -0.138. The molecule has 0 fully saturated rings. The zero-order valence-electron chi connectivity index (χ0n) is 9.94. The maximum atomic E-state index is 12.1. The molecule has 0 heterocycles. The zero-order valence-corrected chi connectivity index (χ0v) is 12.1. The van der Waals surface area contributed by atoms with Crippen LogP contribution in [0, 0.1) is 10.5 Å². The second-order valence-corrected chi connectivity index (χ2v) is 5.21. The molecule has 1 aromatic carbocycles. The maximum absolute atomic E-state index is 12.1. The number of nitrogens with one attached hydrogen (secondary N) is 1. The molecular weight excluding hydrogens is 358 g/mol. The highest BCUT2D eigenvalue weighted by Crippen LogP contribution is 2.22. The van der Waals surface area contributed by atoms with E-state index in [4.69, 9.17) is 0 Å². The van der Waals surface area contributed by atoms with Crippen molar-refractivity contribution >= 4 is 28.5 Å². The van der Waals surface area contributed by atoms with E-state index < -0.39 is 24.5 Å². The van der Waals surface area contributed by atoms with Crippen LogP contribution in [0.15, 0.2) is 18.2 Å². The molecule has 2 nitrogen and oxygen atoms in total. The van der Waals surface area contributed by atoms with Gasteiger partial charge in [0.05, 0.1) is 12.0 Å². The summed E-state index contributed by atoms with van der Waals surface area (Å²) >= 11 is 2.01. The van der Waals surface area contributed by atoms with E-state index in [1.807, 2.05) is 35.6 Å². The first-order chi connectivity index (χ1) is 8.20. The summed E-state index contributed by atoms with van der Waals surface area (Å²) in [5.74, 6) is -0.472. The van der Waals surface area contributed by atoms with E-state index in [2.05, 4.69) is 5.32 Å². The zero-order chi connectivity index (χ0) is 13.9. The minimum absolute atomic E-state index is 0.407. The average molecular weight is 371 g/mol. The molecule has 0 aliphatic heterocycles. The van der Waals surface area contributed by atoms with Gasteiger partial charge in [-0.05, 0) is 48.1 Å². The number of hydrogen-bond donors (Lipinski definition) is 1. The number of carbonyl (C=O) groups is 1. The van der Waals surface area contributed by atoms with Gasteiger partial charge in [0, 0.05) is 9.61 Å². The van der Waals surface area contributed by atoms with Crippen molar-refractivity contribution in [3.8, 4) is 0 Å². The van der Waals surface area contributed by atoms with Crippen LogP contribution in [0.2, 0.25) is 0 Å². The third-order valence-electron chi connectivity index (χ3n) is 2.35. The van der Waals surface area contributed by atoms with Crippen LogP contribution in [-0.2, 0) is 0 Å². The first-order valence-corrected chi connectivity index (χ1v) is 6.41. The molecule has 1 amide bonds. The SMILES string of the molecule is Cc1cccc(C(=O)NC(C)CC(F)(F)F)c1I. The van der Waals surface area contributed by atoms with Crippen molar-refractivity contribution in [2.75, 3.05) is 0 Å². The molecule has 0 radical (unpaired) electrons. The Labute approximate surface area is 117 Å². The summed E-state index contributed by atoms with van der Waals surface area (Å²) in [6.07, 6.45) is -5.30. The molecule has 0 bridgehead atoms. The van der Waals surface area contributed by atoms with Crippen molar-refractivity contribution < 1.29 is 18.0 Å². The molecule has 1 N–H and O–H groups in total. The fraction of sp³-hybridized carbons (Fsp3) is 0.417. The number of halogens is 4. The summed E-state index contributed by atoms with van der Waals surface area (Å²) < 4.78 is 37.2. The quantitative estimate of drug-likeness (QED) is 0.808. The molecule has 100 valence electrons. The molecule has 0 aromatic heterocycles. The van der Waals surface area contributed by atoms with Crippen LogP contribution in [0.1, 0.15) is 29.3 Å². The van der Waals surface area contributed by atoms with Crippen LogP contribution in [-0.4, -0.2) is 18.1 Å². The Kier molecular flexibility index (Phi) is 5.01. The van der Waals surface area contributed by atoms with Crippen LogP contribution in [0.25, 0.3) is 0 Å². The summed E-state index contributed by atoms with van der Waals surface area (Å²) in [5, 5.41) is 2.36. The summed E-state index contributed by atoms with van der Waals surface area (Å²) in [7, 11) is 0. The Bertz CT molecular complexity index is 445. The fourth-order valence-corrected chi connectivity index (χ4v) is 2.13. The number of rotatable bonds is 3. The molecule has 0 saturated heterocycles. The number of aryl methyl sites for hydroxylation is 1. The van der Waals surface area contributed by atoms with Crippen LogP contribution >= 0.6 is 22.6 Å². The summed E-state index contributed by atoms with van der Waals surface area (Å²) in [4.78, 5) is 11.8. The van der Waals surface area contributed by atoms with Crippen LogP contribution in [0.5, 0.6) is 0 Å². The first kappa shape index (κ1) is 15.3. The van der Waals surface area contributed by atoms with Crippen molar-refractivity contribution in [2.24, 2.45) is 0 Å². The number of carbonyl (C=O) groups excluding carboxylic acids is 1. The van der Waals surface area contributed by atoms with Crippen LogP contribution < -0.4 is 5.32 Å². The van der Waals surface area contributed by atoms with Crippen molar-refractivity contribution in [2.45, 2.75) is 32.5 Å². The minimum atomic E-state index is -4.27. The molecule has 1 unspecified atom stereocenters. The highest BCUT2D eigenvalue weighted by atomic mass is 127. The Morgan fingerprint density at radius 1 is 1.44 bits per heavy atom. The van der Waals surface area contributed by atoms with E-state index >= 15 is 0 Å². The molecule has 1 atom stereocenters. The Morgan fingerprint density at radius 3 is 2.61 bits per heavy atom. The summed E-state index contributed by atoms with van der Waals surface area (Å²) in [6, 6.07) is 4.22. The van der Waals surface area contributed by atoms with E-state index in [1.165, 1.54) is 6.92 Å². The molecule has 18 heavy (non-hydrogen) atoms. The standard InChI is InChI=1S/C12H13F3INO/c1-7-4-3-5-9(10(7)16)11(18)17-8(2)6-12(13,14)15/h3-5,8H,6H2,1-2H3,(H,17,18). The summed E-state index contributed by atoms with van der Waals surface area (Å²) in [5.41, 5.74) is 1.33. The van der Waals surface area contributed by atoms with Gasteiger partial charge in [0.1, 0.15) is 0 Å². The third-order valence-corrected chi connectivity index (χ3v) is 3.78. The maximum Gasteiger partial charge on any atom is 0.391 e. The van der Waals surface area contributed by atoms with Crippen molar-refractivity contribution in [3.05, 3.63) is 32.9 Å². The molecule has 6 heteroatoms. The van der Waals surface area contributed by atoms with Gasteiger partial charge in [-0.1, -0.05) is 12.1 Å². The highest BCUT2D eigenvalue weighted by molar-refractivity contribution is 14.1. The Hall–Kier alpha value is -0.790. The van der Waals surface area contributed by atoms with Gasteiger partial charge in [0.2, 0.25) is 0 Å². The normalized spacial score (nSPS) is 13.2. The van der Waals surface area contributed by atoms with Gasteiger partial charge in [-0.2, -0.15) is 13.2 Å². The van der Waals surface area contributed by atoms with Crippen molar-refractivity contribution in [1.29, 1.82) is 0 Å². The van der Waals surface area contributed by atoms with Crippen LogP contribution in [0.4, 0.5) is 13.2 Å². The van der Waals surface area contributed by atoms with E-state index in [1.54, 1.807) is 12.1 Å². The van der Waals surface area contributed by atoms with Gasteiger partial charge in [0.25, 0.3) is 5.91 Å². The molecule has 0 saturated carbocycles. The Balaban J connectivity index is 2.74. The molecule has 1 aromatic rings. The number of benzene rings is 1. The molecular formula is C12H13F3INO. The lowest BCUT2D eigenvalue weighted by Gasteiger charge is -2.16. The third kappa shape index (κ3) is 4.47. The lowest BCUT2D eigenvalue weighted by Crippen LogP contribution is -2.36. The van der Waals surface area contributed by atoms with Gasteiger partial charge in [-0.25, -0.2) is 0 Å². The van der Waals surface area contributed by atoms with E-state index in [9.17, 15) is 18.0 Å². The summed E-state index contributed by atoms with van der Waals surface area (Å²) in [6.45, 7) is 3.19. The van der Waals surface area contributed by atoms with Gasteiger partial charge >= 0.3 is 6.18 Å². The van der Waals surface area contributed by atoms with Gasteiger partial charge < -0.3 is 5.32 Å². The first-order valence-electron chi connectivity index (χ1n) is 5.33. The molecule has 0 aliphatic rings.